The van der Waals surface area contributed by atoms with Gasteiger partial charge in [-0.25, -0.2) is 5.10 Å². The van der Waals surface area contributed by atoms with Crippen LogP contribution in [0.3, 0.4) is 0 Å². The van der Waals surface area contributed by atoms with E-state index >= 15 is 0 Å². The highest BCUT2D eigenvalue weighted by Crippen LogP contribution is 2.19. The third-order valence-electron chi connectivity index (χ3n) is 1.67. The molecule has 5 heteroatoms. The Balaban J connectivity index is 2.89. The average molecular weight is 203 g/mol. The van der Waals surface area contributed by atoms with Crippen LogP contribution in [0.5, 0.6) is 5.75 Å². The van der Waals surface area contributed by atoms with Gasteiger partial charge < -0.3 is 4.74 Å². The summed E-state index contributed by atoms with van der Waals surface area (Å²) in [7, 11) is 0. The summed E-state index contributed by atoms with van der Waals surface area (Å²) < 4.78 is 5.36. The average Bonchev–Trinajstić information content (AvgIpc) is 2.13. The van der Waals surface area contributed by atoms with E-state index in [0.29, 0.717) is 5.75 Å². The summed E-state index contributed by atoms with van der Waals surface area (Å²) in [5.41, 5.74) is -0.428. The van der Waals surface area contributed by atoms with Crippen LogP contribution < -0.4 is 10.3 Å². The Bertz CT molecular complexity index is 337. The maximum atomic E-state index is 11.0. The van der Waals surface area contributed by atoms with E-state index in [1.54, 1.807) is 0 Å². The molecule has 1 aromatic rings. The molecule has 0 fully saturated rings. The highest BCUT2D eigenvalue weighted by atomic mass is 35.5. The summed E-state index contributed by atoms with van der Waals surface area (Å²) in [4.78, 5) is 11.0. The zero-order valence-electron chi connectivity index (χ0n) is 7.50. The second-order valence-corrected chi connectivity index (χ2v) is 3.09. The number of rotatable bonds is 3. The summed E-state index contributed by atoms with van der Waals surface area (Å²) in [5, 5.41) is 5.85. The Hall–Kier alpha value is -1.03. The van der Waals surface area contributed by atoms with E-state index in [0.717, 1.165) is 6.42 Å². The van der Waals surface area contributed by atoms with Crippen LogP contribution in [-0.4, -0.2) is 16.3 Å². The maximum Gasteiger partial charge on any atom is 0.286 e. The minimum absolute atomic E-state index is 0.0288. The molecule has 0 aliphatic carbocycles. The summed E-state index contributed by atoms with van der Waals surface area (Å²) in [6.07, 6.45) is 2.28. The van der Waals surface area contributed by atoms with Crippen molar-refractivity contribution in [2.75, 3.05) is 0 Å². The largest absolute Gasteiger partial charge is 0.487 e. The molecule has 13 heavy (non-hydrogen) atoms. The van der Waals surface area contributed by atoms with Crippen molar-refractivity contribution in [3.05, 3.63) is 21.6 Å². The van der Waals surface area contributed by atoms with Crippen molar-refractivity contribution in [1.29, 1.82) is 0 Å². The van der Waals surface area contributed by atoms with Gasteiger partial charge in [0, 0.05) is 0 Å². The lowest BCUT2D eigenvalue weighted by molar-refractivity contribution is 0.216. The predicted octanol–water partition coefficient (Wildman–Crippen LogP) is 1.60. The van der Waals surface area contributed by atoms with Crippen molar-refractivity contribution in [3.8, 4) is 5.75 Å². The molecule has 1 heterocycles. The first kappa shape index (κ1) is 10.1. The lowest BCUT2D eigenvalue weighted by Gasteiger charge is -2.12. The lowest BCUT2D eigenvalue weighted by Crippen LogP contribution is -2.15. The van der Waals surface area contributed by atoms with Gasteiger partial charge in [-0.1, -0.05) is 18.5 Å². The number of H-pyrrole nitrogens is 1. The number of aromatic amines is 1. The van der Waals surface area contributed by atoms with Gasteiger partial charge in [-0.05, 0) is 13.3 Å². The van der Waals surface area contributed by atoms with Crippen molar-refractivity contribution in [1.82, 2.24) is 10.2 Å². The zero-order valence-corrected chi connectivity index (χ0v) is 8.26. The van der Waals surface area contributed by atoms with Crippen molar-refractivity contribution >= 4 is 11.6 Å². The summed E-state index contributed by atoms with van der Waals surface area (Å²) in [6.45, 7) is 3.89. The molecular weight excluding hydrogens is 192 g/mol. The lowest BCUT2D eigenvalue weighted by atomic mass is 10.3. The standard InChI is InChI=1S/C8H11ClN2O2/c1-3-5(2)13-6-4-10-11-8(12)7(6)9/h4-5H,3H2,1-2H3,(H,11,12)/t5-/m1/s1. The van der Waals surface area contributed by atoms with E-state index in [2.05, 4.69) is 10.2 Å². The number of nitrogens with one attached hydrogen (secondary N) is 1. The van der Waals surface area contributed by atoms with Crippen LogP contribution in [0.2, 0.25) is 5.02 Å². The van der Waals surface area contributed by atoms with E-state index in [-0.39, 0.29) is 11.1 Å². The minimum atomic E-state index is -0.428. The first-order chi connectivity index (χ1) is 6.15. The molecule has 4 nitrogen and oxygen atoms in total. The Kier molecular flexibility index (Phi) is 3.31. The fourth-order valence-corrected chi connectivity index (χ4v) is 0.885. The fraction of sp³-hybridized carbons (Fsp3) is 0.500. The van der Waals surface area contributed by atoms with Crippen LogP contribution in [-0.2, 0) is 0 Å². The van der Waals surface area contributed by atoms with Gasteiger partial charge in [0.05, 0.1) is 12.3 Å². The van der Waals surface area contributed by atoms with Crippen molar-refractivity contribution in [2.45, 2.75) is 26.4 Å². The van der Waals surface area contributed by atoms with Gasteiger partial charge in [0.25, 0.3) is 5.56 Å². The van der Waals surface area contributed by atoms with E-state index in [1.165, 1.54) is 6.20 Å². The molecule has 0 bridgehead atoms. The Morgan fingerprint density at radius 1 is 1.77 bits per heavy atom. The van der Waals surface area contributed by atoms with Gasteiger partial charge in [0.15, 0.2) is 10.8 Å². The SMILES string of the molecule is CC[C@@H](C)Oc1cn[nH]c(=O)c1Cl. The summed E-state index contributed by atoms with van der Waals surface area (Å²) >= 11 is 5.69. The fourth-order valence-electron chi connectivity index (χ4n) is 0.749. The molecule has 0 amide bonds. The second kappa shape index (κ2) is 4.28. The van der Waals surface area contributed by atoms with E-state index in [4.69, 9.17) is 16.3 Å². The Labute approximate surface area is 80.9 Å². The Morgan fingerprint density at radius 2 is 2.46 bits per heavy atom. The Morgan fingerprint density at radius 3 is 3.08 bits per heavy atom. The predicted molar refractivity (Wildman–Crippen MR) is 50.2 cm³/mol. The third kappa shape index (κ3) is 2.45. The molecule has 0 aliphatic heterocycles. The zero-order chi connectivity index (χ0) is 9.84. The molecule has 0 aromatic carbocycles. The molecule has 72 valence electrons. The number of nitrogens with zero attached hydrogens (tertiary/aromatic N) is 1. The van der Waals surface area contributed by atoms with E-state index in [1.807, 2.05) is 13.8 Å². The van der Waals surface area contributed by atoms with Crippen molar-refractivity contribution in [2.24, 2.45) is 0 Å². The van der Waals surface area contributed by atoms with Crippen LogP contribution >= 0.6 is 11.6 Å². The van der Waals surface area contributed by atoms with Crippen molar-refractivity contribution < 1.29 is 4.74 Å². The molecular formula is C8H11ClN2O2. The highest BCUT2D eigenvalue weighted by Gasteiger charge is 2.08. The number of halogens is 1. The summed E-state index contributed by atoms with van der Waals surface area (Å²) in [5.74, 6) is 0.333. The van der Waals surface area contributed by atoms with Gasteiger partial charge in [-0.3, -0.25) is 4.79 Å². The van der Waals surface area contributed by atoms with E-state index in [9.17, 15) is 4.79 Å². The minimum Gasteiger partial charge on any atom is -0.487 e. The number of hydrogen-bond donors (Lipinski definition) is 1. The molecule has 0 spiro atoms. The molecule has 0 unspecified atom stereocenters. The normalized spacial score (nSPS) is 12.5. The van der Waals surface area contributed by atoms with Crippen LogP contribution in [0, 0.1) is 0 Å². The quantitative estimate of drug-likeness (QED) is 0.810. The third-order valence-corrected chi connectivity index (χ3v) is 2.02. The van der Waals surface area contributed by atoms with Crippen LogP contribution in [0.25, 0.3) is 0 Å². The van der Waals surface area contributed by atoms with Crippen LogP contribution in [0.4, 0.5) is 0 Å². The molecule has 1 aromatic heterocycles. The summed E-state index contributed by atoms with van der Waals surface area (Å²) in [6, 6.07) is 0. The first-order valence-corrected chi connectivity index (χ1v) is 4.42. The van der Waals surface area contributed by atoms with Gasteiger partial charge in [-0.15, -0.1) is 0 Å². The topological polar surface area (TPSA) is 55.0 Å². The number of ether oxygens (including phenoxy) is 1. The van der Waals surface area contributed by atoms with Gasteiger partial charge in [-0.2, -0.15) is 5.10 Å². The molecule has 1 rings (SSSR count). The molecule has 1 N–H and O–H groups in total. The molecule has 0 aliphatic rings. The molecule has 1 atom stereocenters. The molecule has 0 saturated heterocycles. The van der Waals surface area contributed by atoms with Gasteiger partial charge >= 0.3 is 0 Å². The van der Waals surface area contributed by atoms with Gasteiger partial charge in [0.1, 0.15) is 0 Å². The molecule has 0 radical (unpaired) electrons. The van der Waals surface area contributed by atoms with Gasteiger partial charge in [0.2, 0.25) is 0 Å². The second-order valence-electron chi connectivity index (χ2n) is 2.71. The maximum absolute atomic E-state index is 11.0. The first-order valence-electron chi connectivity index (χ1n) is 4.05. The van der Waals surface area contributed by atoms with E-state index < -0.39 is 5.56 Å². The highest BCUT2D eigenvalue weighted by molar-refractivity contribution is 6.31. The number of hydrogen-bond acceptors (Lipinski definition) is 3. The monoisotopic (exact) mass is 202 g/mol. The van der Waals surface area contributed by atoms with Crippen LogP contribution in [0.15, 0.2) is 11.0 Å². The van der Waals surface area contributed by atoms with Crippen molar-refractivity contribution in [3.63, 3.8) is 0 Å². The molecule has 0 saturated carbocycles. The smallest absolute Gasteiger partial charge is 0.286 e. The van der Waals surface area contributed by atoms with Crippen LogP contribution in [0.1, 0.15) is 20.3 Å². The number of aromatic nitrogens is 2.